The average molecular weight is 551 g/mol. The number of hydrogen-bond acceptors (Lipinski definition) is 2. The van der Waals surface area contributed by atoms with Crippen LogP contribution in [-0.4, -0.2) is 0 Å². The molecule has 6 aromatic rings. The Morgan fingerprint density at radius 1 is 0.310 bits per heavy atom. The fourth-order valence-corrected chi connectivity index (χ4v) is 5.29. The highest BCUT2D eigenvalue weighted by Crippen LogP contribution is 2.16. The summed E-state index contributed by atoms with van der Waals surface area (Å²) in [6.07, 6.45) is 17.1. The normalized spacial score (nSPS) is 12.8. The van der Waals surface area contributed by atoms with E-state index in [9.17, 15) is 0 Å². The van der Waals surface area contributed by atoms with Crippen LogP contribution < -0.4 is 29.1 Å². The van der Waals surface area contributed by atoms with E-state index in [1.807, 2.05) is 0 Å². The fraction of sp³-hybridized carbons (Fsp3) is 0.111. The number of nitrogens with zero attached hydrogens (tertiary/aromatic N) is 4. The van der Waals surface area contributed by atoms with Crippen LogP contribution in [0.4, 0.5) is 11.4 Å². The summed E-state index contributed by atoms with van der Waals surface area (Å²) in [6, 6.07) is 34.9. The highest BCUT2D eigenvalue weighted by Gasteiger charge is 2.10. The maximum absolute atomic E-state index is 3.30. The molecule has 0 saturated carbocycles. The van der Waals surface area contributed by atoms with Crippen LogP contribution in [0.5, 0.6) is 0 Å². The standard InChI is InChI=1S/C36H32N6/c1-5-31-6-2-29(1)25-39-17-9-33(10-18-39)34-11-19-40(20-12-34)26-30-3-7-32(8-4-30)28-42-23-15-36(16-24-42)38-37-35-13-21-41(27-31)22-14-35/h1-24H,25-28H2/q+2/p+2. The third kappa shape index (κ3) is 6.18. The number of hydrogen-bond donors (Lipinski definition) is 2. The first-order valence-corrected chi connectivity index (χ1v) is 14.4. The Labute approximate surface area is 246 Å². The summed E-state index contributed by atoms with van der Waals surface area (Å²) in [4.78, 5) is 0. The molecule has 0 fully saturated rings. The predicted molar refractivity (Wildman–Crippen MR) is 162 cm³/mol. The van der Waals surface area contributed by atoms with Crippen LogP contribution >= 0.6 is 0 Å². The van der Waals surface area contributed by atoms with Gasteiger partial charge in [-0.2, -0.15) is 0 Å². The molecule has 0 radical (unpaired) electrons. The van der Waals surface area contributed by atoms with Gasteiger partial charge in [-0.3, -0.25) is 0 Å². The Bertz CT molecular complexity index is 1620. The average Bonchev–Trinajstić information content (AvgIpc) is 3.04. The van der Waals surface area contributed by atoms with Crippen LogP contribution in [0.1, 0.15) is 22.3 Å². The smallest absolute Gasteiger partial charge is 0.173 e. The molecule has 42 heavy (non-hydrogen) atoms. The van der Waals surface area contributed by atoms with Crippen LogP contribution in [0.15, 0.2) is 147 Å². The zero-order valence-electron chi connectivity index (χ0n) is 23.5. The minimum Gasteiger partial charge on any atom is -0.300 e. The van der Waals surface area contributed by atoms with Gasteiger partial charge in [-0.15, -0.1) is 0 Å². The largest absolute Gasteiger partial charge is 0.300 e. The number of anilines is 2. The molecule has 0 aliphatic carbocycles. The molecule has 2 aromatic carbocycles. The lowest BCUT2D eigenvalue weighted by Gasteiger charge is -2.09. The molecule has 204 valence electrons. The van der Waals surface area contributed by atoms with Gasteiger partial charge >= 0.3 is 0 Å². The summed E-state index contributed by atoms with van der Waals surface area (Å²) < 4.78 is 8.84. The Kier molecular flexibility index (Phi) is 7.09. The molecule has 0 spiro atoms. The molecular formula is C36H34N6+4. The van der Waals surface area contributed by atoms with Gasteiger partial charge in [-0.05, 0) is 11.1 Å². The summed E-state index contributed by atoms with van der Waals surface area (Å²) in [7, 11) is 0. The second-order valence-electron chi connectivity index (χ2n) is 10.9. The van der Waals surface area contributed by atoms with Crippen LogP contribution in [0.3, 0.4) is 0 Å². The van der Waals surface area contributed by atoms with Crippen molar-refractivity contribution in [3.8, 4) is 11.1 Å². The van der Waals surface area contributed by atoms with Gasteiger partial charge in [-0.25, -0.2) is 18.3 Å². The van der Waals surface area contributed by atoms with Crippen LogP contribution in [0, 0.1) is 0 Å². The molecule has 20 rings (SSSR count). The predicted octanol–water partition coefficient (Wildman–Crippen LogP) is 4.45. The monoisotopic (exact) mass is 550 g/mol. The molecular weight excluding hydrogens is 516 g/mol. The fourth-order valence-electron chi connectivity index (χ4n) is 5.29. The molecule has 0 atom stereocenters. The SMILES string of the molecule is c1cc2ccc1C[n+]1ccc(cc1)NNc1cc[n+](cc1)Cc1ccc(cc1)C[n+]1ccc(cc1)-c1cc[n+](cc1)C2. The van der Waals surface area contributed by atoms with Crippen molar-refractivity contribution >= 4 is 11.4 Å². The highest BCUT2D eigenvalue weighted by atomic mass is 15.4. The van der Waals surface area contributed by atoms with Crippen molar-refractivity contribution in [2.75, 3.05) is 10.9 Å². The van der Waals surface area contributed by atoms with E-state index in [1.165, 1.54) is 33.4 Å². The molecule has 14 aliphatic rings. The van der Waals surface area contributed by atoms with E-state index in [-0.39, 0.29) is 0 Å². The number of nitrogens with one attached hydrogen (secondary N) is 2. The lowest BCUT2D eigenvalue weighted by atomic mass is 10.1. The molecule has 18 heterocycles. The number of benzene rings is 2. The molecule has 0 saturated heterocycles. The van der Waals surface area contributed by atoms with Gasteiger partial charge < -0.3 is 10.9 Å². The Hall–Kier alpha value is -5.36. The quantitative estimate of drug-likeness (QED) is 0.275. The van der Waals surface area contributed by atoms with Gasteiger partial charge in [0, 0.05) is 70.8 Å². The maximum Gasteiger partial charge on any atom is 0.173 e. The van der Waals surface area contributed by atoms with Crippen LogP contribution in [0.2, 0.25) is 0 Å². The van der Waals surface area contributed by atoms with Crippen molar-refractivity contribution in [2.24, 2.45) is 0 Å². The zero-order chi connectivity index (χ0) is 28.1. The minimum absolute atomic E-state index is 0.828. The van der Waals surface area contributed by atoms with Crippen molar-refractivity contribution in [1.29, 1.82) is 0 Å². The third-order valence-electron chi connectivity index (χ3n) is 7.76. The van der Waals surface area contributed by atoms with Crippen molar-refractivity contribution in [3.05, 3.63) is 169 Å². The van der Waals surface area contributed by atoms with E-state index in [4.69, 9.17) is 0 Å². The second-order valence-corrected chi connectivity index (χ2v) is 10.9. The minimum atomic E-state index is 0.828. The van der Waals surface area contributed by atoms with Gasteiger partial charge in [-0.1, -0.05) is 48.5 Å². The summed E-state index contributed by atoms with van der Waals surface area (Å²) in [5.74, 6) is 0. The maximum atomic E-state index is 3.30. The Balaban J connectivity index is 1.14. The molecule has 2 N–H and O–H groups in total. The third-order valence-corrected chi connectivity index (χ3v) is 7.76. The Morgan fingerprint density at radius 2 is 0.548 bits per heavy atom. The van der Waals surface area contributed by atoms with Crippen molar-refractivity contribution in [2.45, 2.75) is 26.2 Å². The van der Waals surface area contributed by atoms with E-state index in [0.717, 1.165) is 37.6 Å². The molecule has 12 bridgehead atoms. The van der Waals surface area contributed by atoms with Gasteiger partial charge in [0.25, 0.3) is 0 Å². The first kappa shape index (κ1) is 25.6. The molecule has 6 nitrogen and oxygen atoms in total. The molecule has 0 amide bonds. The summed E-state index contributed by atoms with van der Waals surface area (Å²) in [5.41, 5.74) is 16.2. The highest BCUT2D eigenvalue weighted by molar-refractivity contribution is 5.61. The van der Waals surface area contributed by atoms with Crippen molar-refractivity contribution in [1.82, 2.24) is 0 Å². The van der Waals surface area contributed by atoms with E-state index in [2.05, 4.69) is 176 Å². The first-order valence-electron chi connectivity index (χ1n) is 14.4. The van der Waals surface area contributed by atoms with Gasteiger partial charge in [0.05, 0.1) is 11.4 Å². The van der Waals surface area contributed by atoms with E-state index in [0.29, 0.717) is 0 Å². The van der Waals surface area contributed by atoms with Gasteiger partial charge in [0.15, 0.2) is 75.8 Å². The summed E-state index contributed by atoms with van der Waals surface area (Å²) in [5, 5.41) is 0. The number of aromatic nitrogens is 4. The molecule has 14 aliphatic heterocycles. The van der Waals surface area contributed by atoms with Gasteiger partial charge in [0.2, 0.25) is 0 Å². The summed E-state index contributed by atoms with van der Waals surface area (Å²) >= 11 is 0. The molecule has 4 aromatic heterocycles. The first-order chi connectivity index (χ1) is 20.7. The second kappa shape index (κ2) is 11.6. The number of pyridine rings is 4. The Morgan fingerprint density at radius 3 is 0.810 bits per heavy atom. The summed E-state index contributed by atoms with van der Waals surface area (Å²) in [6.45, 7) is 3.34. The lowest BCUT2D eigenvalue weighted by molar-refractivity contribution is -0.689. The van der Waals surface area contributed by atoms with E-state index in [1.54, 1.807) is 0 Å². The topological polar surface area (TPSA) is 39.6 Å². The van der Waals surface area contributed by atoms with E-state index >= 15 is 0 Å². The number of rotatable bonds is 0. The lowest BCUT2D eigenvalue weighted by Crippen LogP contribution is -2.34. The molecule has 0 unspecified atom stereocenters. The number of hydrazine groups is 1. The van der Waals surface area contributed by atoms with Gasteiger partial charge in [0.1, 0.15) is 0 Å². The zero-order valence-corrected chi connectivity index (χ0v) is 23.5. The van der Waals surface area contributed by atoms with Crippen molar-refractivity contribution < 1.29 is 18.3 Å². The molecule has 6 heteroatoms. The van der Waals surface area contributed by atoms with Crippen molar-refractivity contribution in [3.63, 3.8) is 0 Å². The van der Waals surface area contributed by atoms with E-state index < -0.39 is 0 Å². The van der Waals surface area contributed by atoms with Crippen LogP contribution in [0.25, 0.3) is 11.1 Å². The van der Waals surface area contributed by atoms with Crippen LogP contribution in [-0.2, 0) is 26.2 Å².